The van der Waals surface area contributed by atoms with E-state index in [0.29, 0.717) is 36.0 Å². The van der Waals surface area contributed by atoms with E-state index < -0.39 is 0 Å². The Labute approximate surface area is 200 Å². The van der Waals surface area contributed by atoms with Gasteiger partial charge in [0.1, 0.15) is 11.5 Å². The van der Waals surface area contributed by atoms with Crippen molar-refractivity contribution in [3.63, 3.8) is 0 Å². The minimum Gasteiger partial charge on any atom is -0.363 e. The Hall–Kier alpha value is -3.93. The van der Waals surface area contributed by atoms with Crippen LogP contribution in [0.4, 0.5) is 11.5 Å². The molecule has 0 bridgehead atoms. The molecule has 3 aromatic rings. The number of imide groups is 1. The molecule has 0 atom stereocenters. The van der Waals surface area contributed by atoms with Gasteiger partial charge in [-0.1, -0.05) is 62.4 Å². The zero-order valence-electron chi connectivity index (χ0n) is 19.5. The maximum Gasteiger partial charge on any atom is 0.282 e. The largest absolute Gasteiger partial charge is 0.363 e. The maximum atomic E-state index is 13.7. The molecular formula is C28H28N4O2. The van der Waals surface area contributed by atoms with Crippen LogP contribution in [0.25, 0.3) is 5.57 Å². The highest BCUT2D eigenvalue weighted by Crippen LogP contribution is 2.35. The molecule has 2 aliphatic rings. The molecule has 1 aromatic heterocycles. The molecule has 34 heavy (non-hydrogen) atoms. The molecule has 0 N–H and O–H groups in total. The van der Waals surface area contributed by atoms with Gasteiger partial charge in [-0.3, -0.25) is 9.59 Å². The first-order valence-electron chi connectivity index (χ1n) is 11.7. The molecule has 3 heterocycles. The van der Waals surface area contributed by atoms with Gasteiger partial charge >= 0.3 is 0 Å². The summed E-state index contributed by atoms with van der Waals surface area (Å²) < 4.78 is 0. The zero-order valence-corrected chi connectivity index (χ0v) is 19.5. The third kappa shape index (κ3) is 3.96. The van der Waals surface area contributed by atoms with Crippen LogP contribution in [-0.4, -0.2) is 47.9 Å². The quantitative estimate of drug-likeness (QED) is 0.540. The fourth-order valence-electron chi connectivity index (χ4n) is 4.62. The fraction of sp³-hybridized carbons (Fsp3) is 0.250. The first-order valence-corrected chi connectivity index (χ1v) is 11.7. The molecule has 172 valence electrons. The third-order valence-corrected chi connectivity index (χ3v) is 6.51. The maximum absolute atomic E-state index is 13.7. The third-order valence-electron chi connectivity index (χ3n) is 6.51. The predicted molar refractivity (Wildman–Crippen MR) is 134 cm³/mol. The molecule has 2 aromatic carbocycles. The highest BCUT2D eigenvalue weighted by atomic mass is 16.2. The number of amides is 2. The monoisotopic (exact) mass is 452 g/mol. The molecule has 1 saturated heterocycles. The molecule has 6 heteroatoms. The Morgan fingerprint density at radius 2 is 1.38 bits per heavy atom. The number of aromatic nitrogens is 1. The predicted octanol–water partition coefficient (Wildman–Crippen LogP) is 4.31. The van der Waals surface area contributed by atoms with Gasteiger partial charge in [0, 0.05) is 32.4 Å². The first kappa shape index (κ1) is 21.9. The lowest BCUT2D eigenvalue weighted by molar-refractivity contribution is -0.120. The van der Waals surface area contributed by atoms with Gasteiger partial charge in [-0.15, -0.1) is 0 Å². The molecule has 5 rings (SSSR count). The van der Waals surface area contributed by atoms with Crippen molar-refractivity contribution < 1.29 is 9.59 Å². The van der Waals surface area contributed by atoms with Crippen molar-refractivity contribution in [1.29, 1.82) is 0 Å². The SMILES string of the molecule is CC(C)c1ccc(N2C(=O)C(c3ccccc3)=C(N3CCN(c4ccccn4)CC3)C2=O)cc1. The number of pyridine rings is 1. The van der Waals surface area contributed by atoms with Crippen LogP contribution >= 0.6 is 0 Å². The second-order valence-corrected chi connectivity index (χ2v) is 8.94. The lowest BCUT2D eigenvalue weighted by atomic mass is 10.0. The number of piperazine rings is 1. The van der Waals surface area contributed by atoms with E-state index in [4.69, 9.17) is 0 Å². The first-order chi connectivity index (χ1) is 16.5. The van der Waals surface area contributed by atoms with Gasteiger partial charge in [0.25, 0.3) is 11.8 Å². The molecule has 0 spiro atoms. The molecule has 1 fully saturated rings. The number of benzene rings is 2. The van der Waals surface area contributed by atoms with Gasteiger partial charge in [0.05, 0.1) is 11.3 Å². The molecule has 0 aliphatic carbocycles. The Morgan fingerprint density at radius 1 is 0.735 bits per heavy atom. The van der Waals surface area contributed by atoms with Gasteiger partial charge in [0.15, 0.2) is 0 Å². The highest BCUT2D eigenvalue weighted by molar-refractivity contribution is 6.45. The van der Waals surface area contributed by atoms with Crippen LogP contribution in [0.15, 0.2) is 84.7 Å². The Morgan fingerprint density at radius 3 is 2.00 bits per heavy atom. The van der Waals surface area contributed by atoms with E-state index in [0.717, 1.165) is 24.5 Å². The van der Waals surface area contributed by atoms with E-state index >= 15 is 0 Å². The summed E-state index contributed by atoms with van der Waals surface area (Å²) >= 11 is 0. The van der Waals surface area contributed by atoms with E-state index in [1.807, 2.05) is 72.8 Å². The van der Waals surface area contributed by atoms with Gasteiger partial charge in [-0.2, -0.15) is 0 Å². The van der Waals surface area contributed by atoms with E-state index in [1.54, 1.807) is 6.20 Å². The average molecular weight is 453 g/mol. The molecule has 2 amide bonds. The Kier molecular flexibility index (Phi) is 5.88. The standard InChI is InChI=1S/C28H28N4O2/c1-20(2)21-11-13-23(14-12-21)32-27(33)25(22-8-4-3-5-9-22)26(28(32)34)31-18-16-30(17-19-31)24-10-6-7-15-29-24/h3-15,20H,16-19H2,1-2H3. The molecular weight excluding hydrogens is 424 g/mol. The summed E-state index contributed by atoms with van der Waals surface area (Å²) in [6.45, 7) is 6.99. The van der Waals surface area contributed by atoms with E-state index in [1.165, 1.54) is 10.5 Å². The van der Waals surface area contributed by atoms with Crippen LogP contribution in [0.5, 0.6) is 0 Å². The minimum atomic E-state index is -0.268. The van der Waals surface area contributed by atoms with Crippen molar-refractivity contribution in [3.05, 3.63) is 95.8 Å². The topological polar surface area (TPSA) is 56.8 Å². The van der Waals surface area contributed by atoms with E-state index in [2.05, 4.69) is 28.6 Å². The van der Waals surface area contributed by atoms with Crippen molar-refractivity contribution in [1.82, 2.24) is 9.88 Å². The van der Waals surface area contributed by atoms with Crippen LogP contribution < -0.4 is 9.80 Å². The van der Waals surface area contributed by atoms with Gasteiger partial charge in [-0.25, -0.2) is 9.88 Å². The summed E-state index contributed by atoms with van der Waals surface area (Å²) in [7, 11) is 0. The van der Waals surface area contributed by atoms with Gasteiger partial charge in [-0.05, 0) is 41.3 Å². The van der Waals surface area contributed by atoms with Crippen LogP contribution in [0.2, 0.25) is 0 Å². The summed E-state index contributed by atoms with van der Waals surface area (Å²) in [6, 6.07) is 23.1. The van der Waals surface area contributed by atoms with Crippen molar-refractivity contribution in [2.75, 3.05) is 36.0 Å². The normalized spacial score (nSPS) is 16.7. The second kappa shape index (κ2) is 9.14. The van der Waals surface area contributed by atoms with Crippen LogP contribution in [0.3, 0.4) is 0 Å². The molecule has 6 nitrogen and oxygen atoms in total. The van der Waals surface area contributed by atoms with Crippen LogP contribution in [0, 0.1) is 0 Å². The molecule has 0 unspecified atom stereocenters. The summed E-state index contributed by atoms with van der Waals surface area (Å²) in [6.07, 6.45) is 1.79. The summed E-state index contributed by atoms with van der Waals surface area (Å²) in [5, 5.41) is 0. The highest BCUT2D eigenvalue weighted by Gasteiger charge is 2.43. The summed E-state index contributed by atoms with van der Waals surface area (Å²) in [5.74, 6) is 0.784. The van der Waals surface area contributed by atoms with Crippen LogP contribution in [-0.2, 0) is 9.59 Å². The van der Waals surface area contributed by atoms with Crippen molar-refractivity contribution in [3.8, 4) is 0 Å². The number of carbonyl (C=O) groups is 2. The smallest absolute Gasteiger partial charge is 0.282 e. The van der Waals surface area contributed by atoms with Gasteiger partial charge in [0.2, 0.25) is 0 Å². The number of carbonyl (C=O) groups excluding carboxylic acids is 2. The summed E-state index contributed by atoms with van der Waals surface area (Å²) in [4.78, 5) is 37.5. The number of hydrogen-bond acceptors (Lipinski definition) is 5. The average Bonchev–Trinajstić information content (AvgIpc) is 3.15. The van der Waals surface area contributed by atoms with Crippen molar-refractivity contribution in [2.24, 2.45) is 0 Å². The number of hydrogen-bond donors (Lipinski definition) is 0. The van der Waals surface area contributed by atoms with Crippen molar-refractivity contribution in [2.45, 2.75) is 19.8 Å². The van der Waals surface area contributed by atoms with Crippen LogP contribution in [0.1, 0.15) is 30.9 Å². The fourth-order valence-corrected chi connectivity index (χ4v) is 4.62. The Balaban J connectivity index is 1.47. The van der Waals surface area contributed by atoms with E-state index in [-0.39, 0.29) is 11.8 Å². The molecule has 0 saturated carbocycles. The van der Waals surface area contributed by atoms with Crippen molar-refractivity contribution >= 4 is 28.9 Å². The Bertz CT molecular complexity index is 1210. The molecule has 2 aliphatic heterocycles. The number of rotatable bonds is 5. The molecule has 0 radical (unpaired) electrons. The number of anilines is 2. The summed E-state index contributed by atoms with van der Waals surface area (Å²) in [5.41, 5.74) is 3.51. The zero-order chi connectivity index (χ0) is 23.7. The van der Waals surface area contributed by atoms with E-state index in [9.17, 15) is 9.59 Å². The second-order valence-electron chi connectivity index (χ2n) is 8.94. The number of nitrogens with zero attached hydrogens (tertiary/aromatic N) is 4. The van der Waals surface area contributed by atoms with Gasteiger partial charge < -0.3 is 9.80 Å². The lowest BCUT2D eigenvalue weighted by Crippen LogP contribution is -2.48. The lowest BCUT2D eigenvalue weighted by Gasteiger charge is -2.37. The minimum absolute atomic E-state index is 0.257.